The van der Waals surface area contributed by atoms with Crippen LogP contribution in [0.1, 0.15) is 16.8 Å². The molecule has 1 aromatic heterocycles. The number of hydrogen-bond donors (Lipinski definition) is 0. The molecule has 5 heteroatoms. The van der Waals surface area contributed by atoms with Crippen molar-refractivity contribution in [2.45, 2.75) is 13.5 Å². The normalized spacial score (nSPS) is 12.6. The van der Waals surface area contributed by atoms with Gasteiger partial charge in [0.15, 0.2) is 11.5 Å². The molecule has 0 aliphatic carbocycles. The molecule has 0 saturated carbocycles. The molecule has 142 valence electrons. The zero-order valence-corrected chi connectivity index (χ0v) is 16.1. The first-order chi connectivity index (χ1) is 13.6. The van der Waals surface area contributed by atoms with Gasteiger partial charge in [0.1, 0.15) is 5.82 Å². The smallest absolute Gasteiger partial charge is 0.162 e. The number of nitrogens with zero attached hydrogens (tertiary/aromatic N) is 2. The minimum atomic E-state index is -0.253. The Bertz CT molecular complexity index is 1050. The van der Waals surface area contributed by atoms with Crippen LogP contribution >= 0.6 is 0 Å². The summed E-state index contributed by atoms with van der Waals surface area (Å²) < 4.78 is 24.1. The average molecular weight is 376 g/mol. The van der Waals surface area contributed by atoms with E-state index < -0.39 is 0 Å². The van der Waals surface area contributed by atoms with Gasteiger partial charge in [-0.15, -0.1) is 0 Å². The van der Waals surface area contributed by atoms with Crippen molar-refractivity contribution in [3.8, 4) is 22.8 Å². The van der Waals surface area contributed by atoms with Gasteiger partial charge in [-0.1, -0.05) is 0 Å². The predicted molar refractivity (Wildman–Crippen MR) is 109 cm³/mol. The van der Waals surface area contributed by atoms with E-state index in [1.165, 1.54) is 12.1 Å². The number of aromatic nitrogens is 1. The van der Waals surface area contributed by atoms with Gasteiger partial charge in [-0.05, 0) is 61.0 Å². The van der Waals surface area contributed by atoms with Crippen molar-refractivity contribution in [3.05, 3.63) is 77.4 Å². The Morgan fingerprint density at radius 2 is 1.71 bits per heavy atom. The number of ether oxygens (including phenoxy) is 2. The Morgan fingerprint density at radius 3 is 2.43 bits per heavy atom. The summed E-state index contributed by atoms with van der Waals surface area (Å²) in [5, 5.41) is 0. The molecular weight excluding hydrogens is 355 g/mol. The van der Waals surface area contributed by atoms with Gasteiger partial charge >= 0.3 is 0 Å². The van der Waals surface area contributed by atoms with E-state index in [1.807, 2.05) is 25.1 Å². The predicted octanol–water partition coefficient (Wildman–Crippen LogP) is 5.20. The van der Waals surface area contributed by atoms with Crippen molar-refractivity contribution in [1.29, 1.82) is 0 Å². The summed E-state index contributed by atoms with van der Waals surface area (Å²) in [6.07, 6.45) is 4.13. The highest BCUT2D eigenvalue weighted by atomic mass is 19.1. The first-order valence-electron chi connectivity index (χ1n) is 9.02. The van der Waals surface area contributed by atoms with Gasteiger partial charge in [-0.2, -0.15) is 0 Å². The zero-order valence-electron chi connectivity index (χ0n) is 16.1. The highest BCUT2D eigenvalue weighted by molar-refractivity contribution is 5.74. The lowest BCUT2D eigenvalue weighted by molar-refractivity contribution is 0.355. The number of anilines is 1. The van der Waals surface area contributed by atoms with Gasteiger partial charge in [-0.25, -0.2) is 4.39 Å². The maximum Gasteiger partial charge on any atom is 0.162 e. The second-order valence-corrected chi connectivity index (χ2v) is 6.67. The Morgan fingerprint density at radius 1 is 0.964 bits per heavy atom. The second-order valence-electron chi connectivity index (χ2n) is 6.67. The van der Waals surface area contributed by atoms with Crippen LogP contribution in [0.4, 0.5) is 10.1 Å². The number of rotatable bonds is 4. The minimum Gasteiger partial charge on any atom is -0.493 e. The maximum atomic E-state index is 13.4. The van der Waals surface area contributed by atoms with Crippen LogP contribution in [0.5, 0.6) is 11.5 Å². The number of methoxy groups -OCH3 is 2. The SMILES string of the molecule is COc1ccc(N2C=Cc3cc(C)nc(-c4ccc(F)cc4)c3C2)cc1OC. The molecule has 0 bridgehead atoms. The highest BCUT2D eigenvalue weighted by Crippen LogP contribution is 2.36. The fourth-order valence-electron chi connectivity index (χ4n) is 3.46. The highest BCUT2D eigenvalue weighted by Gasteiger charge is 2.19. The van der Waals surface area contributed by atoms with Crippen LogP contribution in [-0.4, -0.2) is 19.2 Å². The van der Waals surface area contributed by atoms with Crippen molar-refractivity contribution in [1.82, 2.24) is 4.98 Å². The van der Waals surface area contributed by atoms with Crippen molar-refractivity contribution >= 4 is 11.8 Å². The molecule has 2 heterocycles. The average Bonchev–Trinajstić information content (AvgIpc) is 2.73. The minimum absolute atomic E-state index is 0.253. The molecule has 0 fully saturated rings. The number of fused-ring (bicyclic) bond motifs is 1. The lowest BCUT2D eigenvalue weighted by Gasteiger charge is -2.28. The third-order valence-electron chi connectivity index (χ3n) is 4.87. The molecule has 0 spiro atoms. The number of hydrogen-bond acceptors (Lipinski definition) is 4. The maximum absolute atomic E-state index is 13.4. The molecule has 3 aromatic rings. The summed E-state index contributed by atoms with van der Waals surface area (Å²) in [5.41, 5.74) is 5.94. The number of halogens is 1. The van der Waals surface area contributed by atoms with Gasteiger partial charge in [-0.3, -0.25) is 4.98 Å². The van der Waals surface area contributed by atoms with Crippen LogP contribution in [0.15, 0.2) is 54.7 Å². The Hall–Kier alpha value is -3.34. The Balaban J connectivity index is 1.75. The van der Waals surface area contributed by atoms with Crippen LogP contribution in [-0.2, 0) is 6.54 Å². The van der Waals surface area contributed by atoms with Crippen LogP contribution < -0.4 is 14.4 Å². The quantitative estimate of drug-likeness (QED) is 0.626. The second kappa shape index (κ2) is 7.35. The van der Waals surface area contributed by atoms with E-state index in [1.54, 1.807) is 26.4 Å². The van der Waals surface area contributed by atoms with Crippen LogP contribution in [0, 0.1) is 12.7 Å². The number of pyridine rings is 1. The number of benzene rings is 2. The van der Waals surface area contributed by atoms with E-state index in [2.05, 4.69) is 23.2 Å². The summed E-state index contributed by atoms with van der Waals surface area (Å²) in [6, 6.07) is 14.4. The molecule has 1 aliphatic rings. The number of aryl methyl sites for hydroxylation is 1. The van der Waals surface area contributed by atoms with Crippen molar-refractivity contribution in [3.63, 3.8) is 0 Å². The molecule has 0 amide bonds. The van der Waals surface area contributed by atoms with E-state index in [9.17, 15) is 4.39 Å². The van der Waals surface area contributed by atoms with Crippen molar-refractivity contribution < 1.29 is 13.9 Å². The Labute approximate surface area is 163 Å². The standard InChI is InChI=1S/C23H21FN2O2/c1-15-12-17-10-11-26(19-8-9-21(27-2)22(13-19)28-3)14-20(17)23(25-15)16-4-6-18(24)7-5-16/h4-13H,14H2,1-3H3. The third-order valence-corrected chi connectivity index (χ3v) is 4.87. The molecule has 0 atom stereocenters. The van der Waals surface area contributed by atoms with Crippen LogP contribution in [0.2, 0.25) is 0 Å². The van der Waals surface area contributed by atoms with Gasteiger partial charge in [0.2, 0.25) is 0 Å². The van der Waals surface area contributed by atoms with Crippen molar-refractivity contribution in [2.75, 3.05) is 19.1 Å². The third kappa shape index (κ3) is 3.31. The summed E-state index contributed by atoms with van der Waals surface area (Å²) in [4.78, 5) is 6.88. The van der Waals surface area contributed by atoms with E-state index >= 15 is 0 Å². The molecule has 2 aromatic carbocycles. The molecule has 0 saturated heterocycles. The van der Waals surface area contributed by atoms with Gasteiger partial charge < -0.3 is 14.4 Å². The molecule has 0 N–H and O–H groups in total. The van der Waals surface area contributed by atoms with E-state index in [0.717, 1.165) is 33.8 Å². The zero-order chi connectivity index (χ0) is 19.7. The molecule has 4 rings (SSSR count). The van der Waals surface area contributed by atoms with E-state index in [4.69, 9.17) is 14.5 Å². The lowest BCUT2D eigenvalue weighted by Crippen LogP contribution is -2.20. The lowest BCUT2D eigenvalue weighted by atomic mass is 9.97. The molecule has 0 radical (unpaired) electrons. The van der Waals surface area contributed by atoms with Gasteiger partial charge in [0.25, 0.3) is 0 Å². The van der Waals surface area contributed by atoms with Gasteiger partial charge in [0.05, 0.1) is 26.5 Å². The first kappa shape index (κ1) is 18.0. The molecule has 28 heavy (non-hydrogen) atoms. The molecule has 1 aliphatic heterocycles. The van der Waals surface area contributed by atoms with Crippen LogP contribution in [0.25, 0.3) is 17.3 Å². The van der Waals surface area contributed by atoms with E-state index in [0.29, 0.717) is 18.0 Å². The summed E-state index contributed by atoms with van der Waals surface area (Å²) >= 11 is 0. The van der Waals surface area contributed by atoms with Gasteiger partial charge in [0, 0.05) is 34.8 Å². The monoisotopic (exact) mass is 376 g/mol. The van der Waals surface area contributed by atoms with Crippen molar-refractivity contribution in [2.24, 2.45) is 0 Å². The first-order valence-corrected chi connectivity index (χ1v) is 9.02. The fraction of sp³-hybridized carbons (Fsp3) is 0.174. The topological polar surface area (TPSA) is 34.6 Å². The van der Waals surface area contributed by atoms with E-state index in [-0.39, 0.29) is 5.82 Å². The molecule has 4 nitrogen and oxygen atoms in total. The Kier molecular flexibility index (Phi) is 4.74. The fourth-order valence-corrected chi connectivity index (χ4v) is 3.46. The largest absolute Gasteiger partial charge is 0.493 e. The molecular formula is C23H21FN2O2. The summed E-state index contributed by atoms with van der Waals surface area (Å²) in [5.74, 6) is 1.12. The molecule has 0 unspecified atom stereocenters. The summed E-state index contributed by atoms with van der Waals surface area (Å²) in [7, 11) is 3.25. The summed E-state index contributed by atoms with van der Waals surface area (Å²) in [6.45, 7) is 2.63. The van der Waals surface area contributed by atoms with Crippen LogP contribution in [0.3, 0.4) is 0 Å².